The number of rotatable bonds is 0. The summed E-state index contributed by atoms with van der Waals surface area (Å²) in [5.41, 5.74) is 0. The molecule has 11 heavy (non-hydrogen) atoms. The normalized spacial score (nSPS) is 8.45. The molecule has 3 heteroatoms. The summed E-state index contributed by atoms with van der Waals surface area (Å²) in [6, 6.07) is 7.71. The molecular formula is C8H7IN2. The van der Waals surface area contributed by atoms with E-state index in [1.807, 2.05) is 24.3 Å². The molecule has 0 fully saturated rings. The van der Waals surface area contributed by atoms with Crippen LogP contribution in [0.2, 0.25) is 0 Å². The molecule has 0 spiro atoms. The van der Waals surface area contributed by atoms with Crippen molar-refractivity contribution in [2.45, 2.75) is 0 Å². The summed E-state index contributed by atoms with van der Waals surface area (Å²) in [5, 5.41) is 0. The smallest absolute Gasteiger partial charge is 0.115 e. The third kappa shape index (κ3) is 3.87. The maximum Gasteiger partial charge on any atom is 0.115 e. The molecule has 0 bridgehead atoms. The van der Waals surface area contributed by atoms with Crippen molar-refractivity contribution in [3.05, 3.63) is 46.6 Å². The molecule has 1 aromatic rings. The minimum atomic E-state index is 1.08. The lowest BCUT2D eigenvalue weighted by molar-refractivity contribution is 1.20. The number of hydrogen-bond acceptors (Lipinski definition) is 2. The maximum absolute atomic E-state index is 3.94. The molecule has 0 N–H and O–H groups in total. The van der Waals surface area contributed by atoms with Crippen LogP contribution in [-0.2, 0) is 0 Å². The van der Waals surface area contributed by atoms with E-state index < -0.39 is 0 Å². The number of halogens is 1. The summed E-state index contributed by atoms with van der Waals surface area (Å²) in [4.78, 5) is 7.82. The van der Waals surface area contributed by atoms with E-state index in [1.54, 1.807) is 12.4 Å². The van der Waals surface area contributed by atoms with Crippen molar-refractivity contribution < 1.29 is 0 Å². The van der Waals surface area contributed by atoms with Crippen LogP contribution >= 0.6 is 22.6 Å². The first-order valence-electron chi connectivity index (χ1n) is 3.13. The van der Waals surface area contributed by atoms with E-state index in [0.717, 1.165) is 3.57 Å². The molecule has 0 saturated heterocycles. The van der Waals surface area contributed by atoms with Crippen molar-refractivity contribution in [3.63, 3.8) is 0 Å². The Morgan fingerprint density at radius 1 is 1.09 bits per heavy atom. The van der Waals surface area contributed by atoms with Crippen LogP contribution in [0.3, 0.4) is 0 Å². The first-order chi connectivity index (χ1) is 5.39. The van der Waals surface area contributed by atoms with E-state index in [1.165, 1.54) is 6.33 Å². The van der Waals surface area contributed by atoms with Crippen LogP contribution in [0.5, 0.6) is 0 Å². The van der Waals surface area contributed by atoms with Gasteiger partial charge in [-0.15, -0.1) is 0 Å². The molecule has 0 saturated carbocycles. The predicted octanol–water partition coefficient (Wildman–Crippen LogP) is 2.21. The third-order valence-corrected chi connectivity index (χ3v) is 1.62. The lowest BCUT2D eigenvalue weighted by Gasteiger charge is -1.77. The van der Waals surface area contributed by atoms with Crippen molar-refractivity contribution in [3.8, 4) is 0 Å². The van der Waals surface area contributed by atoms with E-state index >= 15 is 0 Å². The molecule has 0 aliphatic carbocycles. The van der Waals surface area contributed by atoms with Gasteiger partial charge in [0.05, 0.1) is 0 Å². The van der Waals surface area contributed by atoms with Crippen molar-refractivity contribution in [2.24, 2.45) is 0 Å². The average Bonchev–Trinajstić information content (AvgIpc) is 2.03. The molecule has 0 radical (unpaired) electrons. The van der Waals surface area contributed by atoms with Gasteiger partial charge < -0.3 is 0 Å². The van der Waals surface area contributed by atoms with E-state index in [-0.39, 0.29) is 0 Å². The zero-order chi connectivity index (χ0) is 7.94. The van der Waals surface area contributed by atoms with Crippen LogP contribution in [0.1, 0.15) is 0 Å². The maximum atomic E-state index is 3.94. The van der Waals surface area contributed by atoms with E-state index in [9.17, 15) is 0 Å². The molecule has 0 aromatic carbocycles. The standard InChI is InChI=1S/C8H7IN2/c9-8-4-2-1-3-5-10-7-11-6-8/h1-7H. The summed E-state index contributed by atoms with van der Waals surface area (Å²) in [6.07, 6.45) is 4.97. The van der Waals surface area contributed by atoms with Gasteiger partial charge in [0.15, 0.2) is 0 Å². The first-order valence-corrected chi connectivity index (χ1v) is 4.21. The fourth-order valence-electron chi connectivity index (χ4n) is 0.536. The van der Waals surface area contributed by atoms with E-state index in [4.69, 9.17) is 0 Å². The SMILES string of the molecule is Ic1cccccncnc1. The van der Waals surface area contributed by atoms with E-state index in [2.05, 4.69) is 32.6 Å². The highest BCUT2D eigenvalue weighted by Gasteiger charge is 1.73. The van der Waals surface area contributed by atoms with Crippen molar-refractivity contribution in [2.75, 3.05) is 0 Å². The van der Waals surface area contributed by atoms with Crippen LogP contribution in [0, 0.1) is 3.57 Å². The molecule has 1 heterocycles. The first kappa shape index (κ1) is 8.39. The molecule has 56 valence electrons. The van der Waals surface area contributed by atoms with Gasteiger partial charge in [-0.25, -0.2) is 9.97 Å². The fourth-order valence-corrected chi connectivity index (χ4v) is 0.904. The molecule has 0 aliphatic rings. The molecule has 0 unspecified atom stereocenters. The minimum Gasteiger partial charge on any atom is -0.245 e. The predicted molar refractivity (Wildman–Crippen MR) is 52.4 cm³/mol. The Morgan fingerprint density at radius 3 is 2.91 bits per heavy atom. The Morgan fingerprint density at radius 2 is 2.00 bits per heavy atom. The van der Waals surface area contributed by atoms with Gasteiger partial charge in [0.1, 0.15) is 6.33 Å². The number of hydrogen-bond donors (Lipinski definition) is 0. The van der Waals surface area contributed by atoms with Crippen LogP contribution in [0.25, 0.3) is 0 Å². The number of aromatic nitrogens is 2. The molecule has 0 aliphatic heterocycles. The lowest BCUT2D eigenvalue weighted by Crippen LogP contribution is -1.68. The van der Waals surface area contributed by atoms with Crippen LogP contribution in [0.4, 0.5) is 0 Å². The summed E-state index contributed by atoms with van der Waals surface area (Å²) in [7, 11) is 0. The van der Waals surface area contributed by atoms with Gasteiger partial charge in [-0.1, -0.05) is 12.1 Å². The monoisotopic (exact) mass is 258 g/mol. The molecule has 0 atom stereocenters. The Kier molecular flexibility index (Phi) is 3.82. The Labute approximate surface area is 79.2 Å². The highest BCUT2D eigenvalue weighted by molar-refractivity contribution is 14.1. The third-order valence-electron chi connectivity index (χ3n) is 0.981. The highest BCUT2D eigenvalue weighted by atomic mass is 127. The molecule has 2 nitrogen and oxygen atoms in total. The zero-order valence-corrected chi connectivity index (χ0v) is 7.97. The fraction of sp³-hybridized carbons (Fsp3) is 0. The Balaban J connectivity index is 3.11. The van der Waals surface area contributed by atoms with Gasteiger partial charge in [0.25, 0.3) is 0 Å². The van der Waals surface area contributed by atoms with Gasteiger partial charge in [-0.2, -0.15) is 0 Å². The second-order valence-corrected chi connectivity index (χ2v) is 3.07. The second-order valence-electron chi connectivity index (χ2n) is 1.82. The van der Waals surface area contributed by atoms with Gasteiger partial charge in [0.2, 0.25) is 0 Å². The zero-order valence-electron chi connectivity index (χ0n) is 5.81. The molecule has 0 amide bonds. The minimum absolute atomic E-state index is 1.08. The highest BCUT2D eigenvalue weighted by Crippen LogP contribution is 1.95. The summed E-state index contributed by atoms with van der Waals surface area (Å²) in [5.74, 6) is 0. The lowest BCUT2D eigenvalue weighted by atomic mass is 10.5. The van der Waals surface area contributed by atoms with E-state index in [0.29, 0.717) is 0 Å². The Bertz CT molecular complexity index is 249. The quantitative estimate of drug-likeness (QED) is 0.667. The van der Waals surface area contributed by atoms with Crippen molar-refractivity contribution in [1.82, 2.24) is 9.97 Å². The summed E-state index contributed by atoms with van der Waals surface area (Å²) >= 11 is 2.20. The topological polar surface area (TPSA) is 25.8 Å². The second kappa shape index (κ2) is 5.01. The largest absolute Gasteiger partial charge is 0.245 e. The van der Waals surface area contributed by atoms with Crippen molar-refractivity contribution in [1.29, 1.82) is 0 Å². The van der Waals surface area contributed by atoms with Crippen LogP contribution in [0.15, 0.2) is 43.0 Å². The van der Waals surface area contributed by atoms with Crippen molar-refractivity contribution >= 4 is 22.6 Å². The van der Waals surface area contributed by atoms with Gasteiger partial charge >= 0.3 is 0 Å². The summed E-state index contributed by atoms with van der Waals surface area (Å²) < 4.78 is 1.08. The van der Waals surface area contributed by atoms with Gasteiger partial charge in [-0.05, 0) is 34.7 Å². The van der Waals surface area contributed by atoms with Crippen LogP contribution < -0.4 is 0 Å². The average molecular weight is 258 g/mol. The molecule has 1 aromatic heterocycles. The van der Waals surface area contributed by atoms with Crippen LogP contribution in [-0.4, -0.2) is 9.97 Å². The Hall–Kier alpha value is -0.710. The molecule has 1 rings (SSSR count). The summed E-state index contributed by atoms with van der Waals surface area (Å²) in [6.45, 7) is 0. The number of nitrogens with zero attached hydrogens (tertiary/aromatic N) is 2. The van der Waals surface area contributed by atoms with Gasteiger partial charge in [-0.3, -0.25) is 0 Å². The van der Waals surface area contributed by atoms with Gasteiger partial charge in [0, 0.05) is 16.0 Å². The molecular weight excluding hydrogens is 251 g/mol.